The van der Waals surface area contributed by atoms with E-state index in [9.17, 15) is 21.6 Å². The van der Waals surface area contributed by atoms with Gasteiger partial charge in [0.15, 0.2) is 32.8 Å². The van der Waals surface area contributed by atoms with Gasteiger partial charge in [0.1, 0.15) is 24.0 Å². The van der Waals surface area contributed by atoms with Crippen LogP contribution in [0.5, 0.6) is 5.88 Å². The molecule has 3 aromatic rings. The number of rotatable bonds is 9. The molecular formula is C24H25F3N6O4S. The molecule has 0 saturated carbocycles. The van der Waals surface area contributed by atoms with E-state index in [-0.39, 0.29) is 60.4 Å². The molecule has 1 fully saturated rings. The number of halogens is 3. The Balaban J connectivity index is 1.55. The molecule has 2 N–H and O–H groups in total. The quantitative estimate of drug-likeness (QED) is 0.311. The number of aryl methyl sites for hydroxylation is 1. The van der Waals surface area contributed by atoms with E-state index in [2.05, 4.69) is 25.1 Å². The molecule has 0 radical (unpaired) electrons. The lowest BCUT2D eigenvalue weighted by atomic mass is 9.98. The van der Waals surface area contributed by atoms with Crippen LogP contribution in [0.4, 0.5) is 13.2 Å². The van der Waals surface area contributed by atoms with Crippen LogP contribution >= 0.6 is 0 Å². The van der Waals surface area contributed by atoms with Crippen molar-refractivity contribution in [1.82, 2.24) is 20.1 Å². The molecule has 3 heterocycles. The van der Waals surface area contributed by atoms with Crippen LogP contribution in [-0.4, -0.2) is 52.3 Å². The molecule has 4 rings (SSSR count). The molecule has 1 aromatic carbocycles. The summed E-state index contributed by atoms with van der Waals surface area (Å²) in [6, 6.07) is 3.53. The molecule has 0 aliphatic carbocycles. The molecule has 0 unspecified atom stereocenters. The lowest BCUT2D eigenvalue weighted by Crippen LogP contribution is -2.50. The second-order valence-corrected chi connectivity index (χ2v) is 11.0. The number of hydrogen-bond donors (Lipinski definition) is 1. The molecule has 0 spiro atoms. The number of amidine groups is 1. The number of sulfone groups is 1. The van der Waals surface area contributed by atoms with Gasteiger partial charge in [-0.05, 0) is 50.5 Å². The predicted octanol–water partition coefficient (Wildman–Crippen LogP) is 3.69. The normalized spacial score (nSPS) is 21.6. The molecule has 14 heteroatoms. The van der Waals surface area contributed by atoms with E-state index in [1.807, 2.05) is 0 Å². The predicted molar refractivity (Wildman–Crippen MR) is 133 cm³/mol. The summed E-state index contributed by atoms with van der Waals surface area (Å²) < 4.78 is 78.8. The van der Waals surface area contributed by atoms with Gasteiger partial charge in [0.05, 0.1) is 17.6 Å². The van der Waals surface area contributed by atoms with Gasteiger partial charge in [0.25, 0.3) is 5.89 Å². The Morgan fingerprint density at radius 3 is 2.76 bits per heavy atom. The zero-order valence-corrected chi connectivity index (χ0v) is 21.4. The number of nitrogens with zero attached hydrogens (tertiary/aromatic N) is 5. The van der Waals surface area contributed by atoms with Crippen molar-refractivity contribution in [2.75, 3.05) is 13.2 Å². The summed E-state index contributed by atoms with van der Waals surface area (Å²) in [6.07, 6.45) is 3.19. The molecule has 1 aliphatic heterocycles. The smallest absolute Gasteiger partial charge is 0.264 e. The van der Waals surface area contributed by atoms with Gasteiger partial charge in [0, 0.05) is 12.1 Å². The summed E-state index contributed by atoms with van der Waals surface area (Å²) in [5, 5.41) is 2.27. The number of ether oxygens (including phenoxy) is 1. The van der Waals surface area contributed by atoms with Gasteiger partial charge in [-0.1, -0.05) is 11.2 Å². The minimum Gasteiger partial charge on any atom is -0.466 e. The summed E-state index contributed by atoms with van der Waals surface area (Å²) in [7, 11) is -4.30. The van der Waals surface area contributed by atoms with Gasteiger partial charge in [-0.2, -0.15) is 4.98 Å². The maximum atomic E-state index is 14.9. The minimum absolute atomic E-state index is 0.0464. The van der Waals surface area contributed by atoms with E-state index >= 15 is 0 Å². The SMILES string of the molecule is CC/N=C(/N)[C@@]1(CF)CC[C@@H](c2cc(/C=C(\F)c3cnc(OCc4nc(C)no4)cn3)ccc2F)S1(=O)=O. The van der Waals surface area contributed by atoms with E-state index in [0.717, 1.165) is 18.3 Å². The summed E-state index contributed by atoms with van der Waals surface area (Å²) >= 11 is 0. The summed E-state index contributed by atoms with van der Waals surface area (Å²) in [5.41, 5.74) is 5.70. The fourth-order valence-electron chi connectivity index (χ4n) is 4.22. The van der Waals surface area contributed by atoms with E-state index in [1.165, 1.54) is 18.3 Å². The topological polar surface area (TPSA) is 146 Å². The Morgan fingerprint density at radius 1 is 1.34 bits per heavy atom. The van der Waals surface area contributed by atoms with Crippen LogP contribution < -0.4 is 10.5 Å². The molecule has 0 bridgehead atoms. The van der Waals surface area contributed by atoms with E-state index in [0.29, 0.717) is 5.82 Å². The Morgan fingerprint density at radius 2 is 2.13 bits per heavy atom. The molecule has 2 atom stereocenters. The second-order valence-electron chi connectivity index (χ2n) is 8.60. The molecule has 0 amide bonds. The first-order valence-electron chi connectivity index (χ1n) is 11.6. The van der Waals surface area contributed by atoms with Gasteiger partial charge in [-0.25, -0.2) is 31.6 Å². The van der Waals surface area contributed by atoms with Gasteiger partial charge in [-0.15, -0.1) is 0 Å². The third kappa shape index (κ3) is 5.12. The van der Waals surface area contributed by atoms with Crippen molar-refractivity contribution in [2.24, 2.45) is 10.7 Å². The van der Waals surface area contributed by atoms with Crippen LogP contribution in [0.15, 0.2) is 40.1 Å². The second kappa shape index (κ2) is 10.9. The average Bonchev–Trinajstić information content (AvgIpc) is 3.43. The van der Waals surface area contributed by atoms with Crippen molar-refractivity contribution in [2.45, 2.75) is 43.3 Å². The summed E-state index contributed by atoms with van der Waals surface area (Å²) in [4.78, 5) is 15.8. The minimum atomic E-state index is -4.30. The molecule has 2 aromatic heterocycles. The van der Waals surface area contributed by atoms with Crippen molar-refractivity contribution in [3.05, 3.63) is 64.9 Å². The lowest BCUT2D eigenvalue weighted by molar-refractivity contribution is 0.234. The molecule has 202 valence electrons. The lowest BCUT2D eigenvalue weighted by Gasteiger charge is -2.25. The molecule has 38 heavy (non-hydrogen) atoms. The maximum Gasteiger partial charge on any atom is 0.264 e. The van der Waals surface area contributed by atoms with Gasteiger partial charge in [0.2, 0.25) is 5.88 Å². The Labute approximate surface area is 216 Å². The van der Waals surface area contributed by atoms with Gasteiger partial charge < -0.3 is 15.0 Å². The highest BCUT2D eigenvalue weighted by atomic mass is 32.2. The van der Waals surface area contributed by atoms with E-state index in [1.54, 1.807) is 13.8 Å². The molecule has 1 saturated heterocycles. The van der Waals surface area contributed by atoms with Crippen LogP contribution in [0.2, 0.25) is 0 Å². The first-order valence-corrected chi connectivity index (χ1v) is 13.2. The number of benzene rings is 1. The number of nitrogens with two attached hydrogens (primary N) is 1. The number of hydrogen-bond acceptors (Lipinski definition) is 9. The number of aromatic nitrogens is 4. The summed E-state index contributed by atoms with van der Waals surface area (Å²) in [5.74, 6) is -1.17. The van der Waals surface area contributed by atoms with Crippen LogP contribution in [0, 0.1) is 12.7 Å². The fourth-order valence-corrected chi connectivity index (χ4v) is 6.62. The highest BCUT2D eigenvalue weighted by Gasteiger charge is 2.57. The highest BCUT2D eigenvalue weighted by molar-refractivity contribution is 7.94. The van der Waals surface area contributed by atoms with Crippen molar-refractivity contribution in [3.8, 4) is 5.88 Å². The average molecular weight is 551 g/mol. The third-order valence-corrected chi connectivity index (χ3v) is 9.04. The van der Waals surface area contributed by atoms with Gasteiger partial charge >= 0.3 is 0 Å². The third-order valence-electron chi connectivity index (χ3n) is 6.19. The molecule has 10 nitrogen and oxygen atoms in total. The Kier molecular flexibility index (Phi) is 7.81. The van der Waals surface area contributed by atoms with Crippen LogP contribution in [0.3, 0.4) is 0 Å². The number of aliphatic imine (C=N–C) groups is 1. The number of alkyl halides is 1. The van der Waals surface area contributed by atoms with Crippen LogP contribution in [-0.2, 0) is 16.4 Å². The molecule has 1 aliphatic rings. The van der Waals surface area contributed by atoms with Crippen LogP contribution in [0.1, 0.15) is 53.6 Å². The first-order chi connectivity index (χ1) is 18.1. The van der Waals surface area contributed by atoms with Crippen molar-refractivity contribution in [1.29, 1.82) is 0 Å². The maximum absolute atomic E-state index is 14.9. The van der Waals surface area contributed by atoms with Crippen molar-refractivity contribution < 1.29 is 30.8 Å². The first kappa shape index (κ1) is 27.2. The van der Waals surface area contributed by atoms with Gasteiger partial charge in [-0.3, -0.25) is 4.99 Å². The van der Waals surface area contributed by atoms with Crippen LogP contribution in [0.25, 0.3) is 11.9 Å². The standard InChI is InChI=1S/C24H25F3N6O4S/c1-3-29-23(28)24(13-25)7-6-20(38(24,34)35)16-8-15(4-5-17(16)26)9-18(27)19-10-31-21(11-30-19)36-12-22-32-14(2)33-37-22/h4-5,8-11,20H,3,6-7,12-13H2,1-2H3,(H2,28,29)/b18-9-/t20-,24-/m0/s1. The molecular weight excluding hydrogens is 525 g/mol. The fraction of sp³-hybridized carbons (Fsp3) is 0.375. The van der Waals surface area contributed by atoms with E-state index in [4.69, 9.17) is 15.0 Å². The summed E-state index contributed by atoms with van der Waals surface area (Å²) in [6.45, 7) is 2.15. The Bertz CT molecular complexity index is 1480. The largest absolute Gasteiger partial charge is 0.466 e. The van der Waals surface area contributed by atoms with Crippen molar-refractivity contribution in [3.63, 3.8) is 0 Å². The monoisotopic (exact) mass is 550 g/mol. The highest BCUT2D eigenvalue weighted by Crippen LogP contribution is 2.47. The zero-order valence-electron chi connectivity index (χ0n) is 20.6. The Hall–Kier alpha value is -3.81. The van der Waals surface area contributed by atoms with Crippen molar-refractivity contribution >= 4 is 27.6 Å². The zero-order chi connectivity index (χ0) is 27.5. The van der Waals surface area contributed by atoms with E-state index < -0.39 is 38.2 Å².